The van der Waals surface area contributed by atoms with Crippen LogP contribution in [0.1, 0.15) is 0 Å². The van der Waals surface area contributed by atoms with Gasteiger partial charge in [-0.25, -0.2) is 8.78 Å². The second-order valence-corrected chi connectivity index (χ2v) is 3.53. The first-order chi connectivity index (χ1) is 6.75. The number of anilines is 1. The maximum Gasteiger partial charge on any atom is 0.160 e. The van der Waals surface area contributed by atoms with E-state index in [0.29, 0.717) is 11.6 Å². The molecule has 2 N–H and O–H groups in total. The Kier molecular flexibility index (Phi) is 2.63. The van der Waals surface area contributed by atoms with Crippen LogP contribution in [-0.2, 0) is 0 Å². The van der Waals surface area contributed by atoms with Crippen molar-refractivity contribution in [3.05, 3.63) is 29.8 Å². The van der Waals surface area contributed by atoms with Gasteiger partial charge in [-0.3, -0.25) is 0 Å². The third-order valence-electron chi connectivity index (χ3n) is 2.38. The van der Waals surface area contributed by atoms with Crippen molar-refractivity contribution >= 4 is 5.69 Å². The molecule has 1 fully saturated rings. The first-order valence-corrected chi connectivity index (χ1v) is 4.65. The minimum absolute atomic E-state index is 0.600. The molecule has 1 heterocycles. The molecule has 0 spiro atoms. The van der Waals surface area contributed by atoms with Gasteiger partial charge in [-0.05, 0) is 18.2 Å². The fraction of sp³-hybridized carbons (Fsp3) is 0.400. The maximum atomic E-state index is 12.8. The lowest BCUT2D eigenvalue weighted by atomic mass is 10.0. The van der Waals surface area contributed by atoms with Crippen LogP contribution in [0, 0.1) is 17.6 Å². The number of hydrogen-bond donors (Lipinski definition) is 2. The van der Waals surface area contributed by atoms with Crippen molar-refractivity contribution < 1.29 is 8.78 Å². The monoisotopic (exact) mass is 198 g/mol. The molecule has 1 aliphatic heterocycles. The van der Waals surface area contributed by atoms with Crippen LogP contribution in [0.15, 0.2) is 18.2 Å². The summed E-state index contributed by atoms with van der Waals surface area (Å²) in [7, 11) is 0. The summed E-state index contributed by atoms with van der Waals surface area (Å²) in [6.07, 6.45) is 0. The van der Waals surface area contributed by atoms with E-state index in [2.05, 4.69) is 10.6 Å². The molecule has 2 rings (SSSR count). The summed E-state index contributed by atoms with van der Waals surface area (Å²) >= 11 is 0. The normalized spacial score (nSPS) is 16.4. The van der Waals surface area contributed by atoms with Gasteiger partial charge in [0.2, 0.25) is 0 Å². The fourth-order valence-corrected chi connectivity index (χ4v) is 1.36. The van der Waals surface area contributed by atoms with Crippen molar-refractivity contribution in [1.29, 1.82) is 0 Å². The van der Waals surface area contributed by atoms with Crippen molar-refractivity contribution in [1.82, 2.24) is 5.32 Å². The molecule has 0 unspecified atom stereocenters. The molecular formula is C10H12F2N2. The first-order valence-electron chi connectivity index (χ1n) is 4.65. The standard InChI is InChI=1S/C10H12F2N2/c11-9-2-1-8(3-10(9)12)14-6-7-4-13-5-7/h1-3,7,13-14H,4-6H2. The number of benzene rings is 1. The van der Waals surface area contributed by atoms with Gasteiger partial charge in [0.15, 0.2) is 11.6 Å². The molecule has 0 aliphatic carbocycles. The predicted molar refractivity (Wildman–Crippen MR) is 51.2 cm³/mol. The van der Waals surface area contributed by atoms with Gasteiger partial charge in [0.05, 0.1) is 0 Å². The molecule has 1 aromatic rings. The Morgan fingerprint density at radius 3 is 2.64 bits per heavy atom. The zero-order valence-corrected chi connectivity index (χ0v) is 7.69. The second kappa shape index (κ2) is 3.92. The SMILES string of the molecule is Fc1ccc(NCC2CNC2)cc1F. The lowest BCUT2D eigenvalue weighted by molar-refractivity contribution is 0.365. The van der Waals surface area contributed by atoms with E-state index in [-0.39, 0.29) is 0 Å². The van der Waals surface area contributed by atoms with E-state index in [1.807, 2.05) is 0 Å². The second-order valence-electron chi connectivity index (χ2n) is 3.53. The largest absolute Gasteiger partial charge is 0.385 e. The van der Waals surface area contributed by atoms with Crippen LogP contribution in [0.3, 0.4) is 0 Å². The third kappa shape index (κ3) is 2.01. The van der Waals surface area contributed by atoms with Gasteiger partial charge < -0.3 is 10.6 Å². The molecule has 0 radical (unpaired) electrons. The minimum Gasteiger partial charge on any atom is -0.385 e. The van der Waals surface area contributed by atoms with Crippen molar-refractivity contribution in [2.75, 3.05) is 25.0 Å². The summed E-state index contributed by atoms with van der Waals surface area (Å²) in [5.74, 6) is -1.01. The Morgan fingerprint density at radius 2 is 2.07 bits per heavy atom. The maximum absolute atomic E-state index is 12.8. The van der Waals surface area contributed by atoms with E-state index in [1.165, 1.54) is 6.07 Å². The topological polar surface area (TPSA) is 24.1 Å². The summed E-state index contributed by atoms with van der Waals surface area (Å²) in [4.78, 5) is 0. The van der Waals surface area contributed by atoms with E-state index in [9.17, 15) is 8.78 Å². The Balaban J connectivity index is 1.91. The summed E-state index contributed by atoms with van der Waals surface area (Å²) in [6.45, 7) is 2.80. The number of rotatable bonds is 3. The average molecular weight is 198 g/mol. The van der Waals surface area contributed by atoms with Gasteiger partial charge >= 0.3 is 0 Å². The Morgan fingerprint density at radius 1 is 1.29 bits per heavy atom. The highest BCUT2D eigenvalue weighted by atomic mass is 19.2. The van der Waals surface area contributed by atoms with Gasteiger partial charge in [0.1, 0.15) is 0 Å². The lowest BCUT2D eigenvalue weighted by Crippen LogP contribution is -2.45. The Labute approximate surface area is 81.3 Å². The van der Waals surface area contributed by atoms with Gasteiger partial charge in [0, 0.05) is 31.2 Å². The predicted octanol–water partition coefficient (Wildman–Crippen LogP) is 1.60. The van der Waals surface area contributed by atoms with Crippen molar-refractivity contribution in [3.8, 4) is 0 Å². The molecule has 0 bridgehead atoms. The van der Waals surface area contributed by atoms with E-state index in [4.69, 9.17) is 0 Å². The van der Waals surface area contributed by atoms with Crippen molar-refractivity contribution in [3.63, 3.8) is 0 Å². The average Bonchev–Trinajstić information content (AvgIpc) is 2.08. The van der Waals surface area contributed by atoms with Gasteiger partial charge in [-0.15, -0.1) is 0 Å². The van der Waals surface area contributed by atoms with E-state index >= 15 is 0 Å². The molecule has 0 saturated carbocycles. The summed E-state index contributed by atoms with van der Waals surface area (Å²) < 4.78 is 25.3. The number of hydrogen-bond acceptors (Lipinski definition) is 2. The van der Waals surface area contributed by atoms with E-state index < -0.39 is 11.6 Å². The summed E-state index contributed by atoms with van der Waals surface area (Å²) in [5.41, 5.74) is 0.635. The highest BCUT2D eigenvalue weighted by Crippen LogP contribution is 2.14. The molecule has 0 aromatic heterocycles. The van der Waals surface area contributed by atoms with Gasteiger partial charge in [-0.2, -0.15) is 0 Å². The zero-order valence-electron chi connectivity index (χ0n) is 7.69. The number of halogens is 2. The fourth-order valence-electron chi connectivity index (χ4n) is 1.36. The van der Waals surface area contributed by atoms with Gasteiger partial charge in [0.25, 0.3) is 0 Å². The van der Waals surface area contributed by atoms with E-state index in [1.54, 1.807) is 6.07 Å². The molecule has 0 atom stereocenters. The Hall–Kier alpha value is -1.16. The van der Waals surface area contributed by atoms with Gasteiger partial charge in [-0.1, -0.05) is 0 Å². The zero-order chi connectivity index (χ0) is 9.97. The summed E-state index contributed by atoms with van der Waals surface area (Å²) in [5, 5.41) is 6.21. The van der Waals surface area contributed by atoms with Crippen LogP contribution in [0.25, 0.3) is 0 Å². The molecular weight excluding hydrogens is 186 g/mol. The highest BCUT2D eigenvalue weighted by Gasteiger charge is 2.15. The molecule has 1 aromatic carbocycles. The molecule has 2 nitrogen and oxygen atoms in total. The molecule has 1 saturated heterocycles. The first kappa shape index (κ1) is 9.40. The van der Waals surface area contributed by atoms with E-state index in [0.717, 1.165) is 25.7 Å². The molecule has 4 heteroatoms. The Bertz CT molecular complexity index is 324. The van der Waals surface area contributed by atoms with Crippen molar-refractivity contribution in [2.45, 2.75) is 0 Å². The summed E-state index contributed by atoms with van der Waals surface area (Å²) in [6, 6.07) is 3.86. The molecule has 76 valence electrons. The van der Waals surface area contributed by atoms with Crippen LogP contribution in [0.5, 0.6) is 0 Å². The van der Waals surface area contributed by atoms with Crippen LogP contribution in [-0.4, -0.2) is 19.6 Å². The minimum atomic E-state index is -0.805. The smallest absolute Gasteiger partial charge is 0.160 e. The quantitative estimate of drug-likeness (QED) is 0.770. The van der Waals surface area contributed by atoms with Crippen LogP contribution < -0.4 is 10.6 Å². The molecule has 1 aliphatic rings. The lowest BCUT2D eigenvalue weighted by Gasteiger charge is -2.27. The van der Waals surface area contributed by atoms with Crippen LogP contribution in [0.2, 0.25) is 0 Å². The van der Waals surface area contributed by atoms with Crippen LogP contribution >= 0.6 is 0 Å². The highest BCUT2D eigenvalue weighted by molar-refractivity contribution is 5.43. The third-order valence-corrected chi connectivity index (χ3v) is 2.38. The van der Waals surface area contributed by atoms with Crippen LogP contribution in [0.4, 0.5) is 14.5 Å². The number of nitrogens with one attached hydrogen (secondary N) is 2. The molecule has 0 amide bonds. The van der Waals surface area contributed by atoms with Crippen molar-refractivity contribution in [2.24, 2.45) is 5.92 Å². The molecule has 14 heavy (non-hydrogen) atoms.